The minimum atomic E-state index is -1.26. The number of rotatable bonds is 19. The highest BCUT2D eigenvalue weighted by atomic mass is 32.2. The van der Waals surface area contributed by atoms with Gasteiger partial charge in [-0.25, -0.2) is 0 Å². The van der Waals surface area contributed by atoms with Crippen molar-refractivity contribution in [3.63, 3.8) is 0 Å². The molecule has 30 heavy (non-hydrogen) atoms. The van der Waals surface area contributed by atoms with Gasteiger partial charge in [0, 0.05) is 0 Å². The third-order valence-electron chi connectivity index (χ3n) is 6.13. The van der Waals surface area contributed by atoms with E-state index in [0.717, 1.165) is 12.2 Å². The first-order valence-electron chi connectivity index (χ1n) is 12.5. The number of ether oxygens (including phenoxy) is 1. The van der Waals surface area contributed by atoms with E-state index in [2.05, 4.69) is 6.92 Å². The van der Waals surface area contributed by atoms with Gasteiger partial charge >= 0.3 is 0 Å². The molecule has 1 saturated heterocycles. The molecule has 0 aromatic rings. The SMILES string of the molecule is CCCCCCCCCCCCCCCCCCSC1O[C@H](CO)[C@H](O)[C@H](O)[C@H]1O. The molecule has 0 radical (unpaired) electrons. The summed E-state index contributed by atoms with van der Waals surface area (Å²) in [6, 6.07) is 0. The van der Waals surface area contributed by atoms with Crippen LogP contribution in [-0.2, 0) is 4.74 Å². The highest BCUT2D eigenvalue weighted by molar-refractivity contribution is 7.99. The van der Waals surface area contributed by atoms with Crippen molar-refractivity contribution in [1.82, 2.24) is 0 Å². The van der Waals surface area contributed by atoms with Crippen LogP contribution in [0.2, 0.25) is 0 Å². The van der Waals surface area contributed by atoms with Gasteiger partial charge in [0.15, 0.2) is 0 Å². The number of hydrogen-bond acceptors (Lipinski definition) is 6. The predicted octanol–water partition coefficient (Wildman–Crippen LogP) is 4.78. The van der Waals surface area contributed by atoms with Gasteiger partial charge in [-0.1, -0.05) is 103 Å². The van der Waals surface area contributed by atoms with Crippen LogP contribution in [-0.4, -0.2) is 62.6 Å². The van der Waals surface area contributed by atoms with Gasteiger partial charge in [0.05, 0.1) is 6.61 Å². The molecular weight excluding hydrogens is 400 g/mol. The first-order valence-corrected chi connectivity index (χ1v) is 13.6. The van der Waals surface area contributed by atoms with Crippen LogP contribution < -0.4 is 0 Å². The molecule has 1 rings (SSSR count). The van der Waals surface area contributed by atoms with Crippen LogP contribution in [0.15, 0.2) is 0 Å². The zero-order valence-electron chi connectivity index (χ0n) is 19.2. The largest absolute Gasteiger partial charge is 0.394 e. The van der Waals surface area contributed by atoms with E-state index in [1.807, 2.05) is 0 Å². The fraction of sp³-hybridized carbons (Fsp3) is 1.00. The Morgan fingerprint density at radius 3 is 1.47 bits per heavy atom. The maximum atomic E-state index is 10.0. The van der Waals surface area contributed by atoms with Crippen molar-refractivity contribution in [1.29, 1.82) is 0 Å². The smallest absolute Gasteiger partial charge is 0.132 e. The first-order chi connectivity index (χ1) is 14.6. The van der Waals surface area contributed by atoms with Crippen LogP contribution in [0.4, 0.5) is 0 Å². The van der Waals surface area contributed by atoms with Crippen LogP contribution in [0.5, 0.6) is 0 Å². The van der Waals surface area contributed by atoms with Crippen molar-refractivity contribution < 1.29 is 25.2 Å². The molecule has 180 valence electrons. The standard InChI is InChI=1S/C24H48O5S/c1-2-3-4-5-6-7-8-9-10-11-12-13-14-15-16-17-18-30-24-23(28)22(27)21(26)20(19-25)29-24/h20-28H,2-19H2,1H3/t20-,21+,22+,23-,24?/m1/s1. The highest BCUT2D eigenvalue weighted by Gasteiger charge is 2.43. The zero-order valence-corrected chi connectivity index (χ0v) is 20.0. The molecule has 1 aliphatic heterocycles. The van der Waals surface area contributed by atoms with Gasteiger partial charge in [-0.2, -0.15) is 0 Å². The fourth-order valence-electron chi connectivity index (χ4n) is 4.05. The molecule has 5 nitrogen and oxygen atoms in total. The topological polar surface area (TPSA) is 90.2 Å². The Morgan fingerprint density at radius 1 is 0.600 bits per heavy atom. The maximum absolute atomic E-state index is 10.0. The van der Waals surface area contributed by atoms with E-state index in [-0.39, 0.29) is 6.61 Å². The van der Waals surface area contributed by atoms with Crippen molar-refractivity contribution >= 4 is 11.8 Å². The molecule has 0 saturated carbocycles. The molecule has 1 heterocycles. The molecule has 0 aliphatic carbocycles. The van der Waals surface area contributed by atoms with E-state index in [1.54, 1.807) is 0 Å². The summed E-state index contributed by atoms with van der Waals surface area (Å²) in [5.74, 6) is 0.848. The van der Waals surface area contributed by atoms with Crippen LogP contribution in [0.1, 0.15) is 110 Å². The molecule has 1 fully saturated rings. The molecule has 0 bridgehead atoms. The van der Waals surface area contributed by atoms with E-state index in [9.17, 15) is 20.4 Å². The van der Waals surface area contributed by atoms with Gasteiger partial charge in [-0.3, -0.25) is 0 Å². The van der Waals surface area contributed by atoms with Crippen molar-refractivity contribution in [2.45, 2.75) is 140 Å². The molecule has 4 N–H and O–H groups in total. The second-order valence-corrected chi connectivity index (χ2v) is 10.1. The van der Waals surface area contributed by atoms with Crippen molar-refractivity contribution in [3.8, 4) is 0 Å². The Labute approximate surface area is 189 Å². The number of hydrogen-bond donors (Lipinski definition) is 4. The van der Waals surface area contributed by atoms with Gasteiger partial charge in [0.25, 0.3) is 0 Å². The van der Waals surface area contributed by atoms with Crippen molar-refractivity contribution in [3.05, 3.63) is 0 Å². The molecule has 5 atom stereocenters. The average molecular weight is 449 g/mol. The molecule has 0 spiro atoms. The van der Waals surface area contributed by atoms with Gasteiger partial charge in [-0.15, -0.1) is 11.8 Å². The lowest BCUT2D eigenvalue weighted by molar-refractivity contribution is -0.205. The maximum Gasteiger partial charge on any atom is 0.132 e. The third kappa shape index (κ3) is 12.3. The molecule has 6 heteroatoms. The summed E-state index contributed by atoms with van der Waals surface area (Å²) in [5, 5.41) is 38.8. The summed E-state index contributed by atoms with van der Waals surface area (Å²) >= 11 is 1.46. The Balaban J connectivity index is 1.85. The van der Waals surface area contributed by atoms with Crippen LogP contribution in [0.25, 0.3) is 0 Å². The van der Waals surface area contributed by atoms with E-state index < -0.39 is 29.9 Å². The molecular formula is C24H48O5S. The summed E-state index contributed by atoms with van der Waals surface area (Å²) in [7, 11) is 0. The molecule has 1 aliphatic rings. The minimum Gasteiger partial charge on any atom is -0.394 e. The summed E-state index contributed by atoms with van der Waals surface area (Å²) < 4.78 is 5.51. The summed E-state index contributed by atoms with van der Waals surface area (Å²) in [4.78, 5) is 0. The Kier molecular flexibility index (Phi) is 17.6. The quantitative estimate of drug-likeness (QED) is 0.213. The van der Waals surface area contributed by atoms with Gasteiger partial charge in [-0.05, 0) is 12.2 Å². The van der Waals surface area contributed by atoms with Crippen LogP contribution in [0.3, 0.4) is 0 Å². The monoisotopic (exact) mass is 448 g/mol. The molecule has 0 aromatic carbocycles. The lowest BCUT2D eigenvalue weighted by Gasteiger charge is -2.39. The lowest BCUT2D eigenvalue weighted by atomic mass is 10.0. The normalized spacial score (nSPS) is 26.9. The third-order valence-corrected chi connectivity index (χ3v) is 7.37. The number of aliphatic hydroxyl groups is 4. The number of unbranched alkanes of at least 4 members (excludes halogenated alkanes) is 15. The fourth-order valence-corrected chi connectivity index (χ4v) is 5.24. The van der Waals surface area contributed by atoms with Crippen molar-refractivity contribution in [2.75, 3.05) is 12.4 Å². The number of thioether (sulfide) groups is 1. The van der Waals surface area contributed by atoms with Crippen LogP contribution in [0, 0.1) is 0 Å². The second kappa shape index (κ2) is 18.7. The molecule has 1 unspecified atom stereocenters. The lowest BCUT2D eigenvalue weighted by Crippen LogP contribution is -2.57. The molecule has 0 aromatic heterocycles. The van der Waals surface area contributed by atoms with E-state index in [1.165, 1.54) is 108 Å². The minimum absolute atomic E-state index is 0.360. The number of aliphatic hydroxyl groups excluding tert-OH is 4. The first kappa shape index (κ1) is 28.2. The van der Waals surface area contributed by atoms with Gasteiger partial charge in [0.1, 0.15) is 29.9 Å². The Bertz CT molecular complexity index is 383. The van der Waals surface area contributed by atoms with Gasteiger partial charge in [0.2, 0.25) is 0 Å². The van der Waals surface area contributed by atoms with Crippen LogP contribution >= 0.6 is 11.8 Å². The zero-order chi connectivity index (χ0) is 22.0. The van der Waals surface area contributed by atoms with Crippen molar-refractivity contribution in [2.24, 2.45) is 0 Å². The predicted molar refractivity (Wildman–Crippen MR) is 126 cm³/mol. The Hall–Kier alpha value is 0.150. The second-order valence-electron chi connectivity index (χ2n) is 8.87. The van der Waals surface area contributed by atoms with E-state index in [4.69, 9.17) is 4.74 Å². The average Bonchev–Trinajstić information content (AvgIpc) is 2.75. The Morgan fingerprint density at radius 2 is 1.03 bits per heavy atom. The summed E-state index contributed by atoms with van der Waals surface area (Å²) in [6.07, 6.45) is 17.0. The summed E-state index contributed by atoms with van der Waals surface area (Å²) in [5.41, 5.74) is -0.586. The summed E-state index contributed by atoms with van der Waals surface area (Å²) in [6.45, 7) is 1.91. The van der Waals surface area contributed by atoms with Gasteiger partial charge < -0.3 is 25.2 Å². The van der Waals surface area contributed by atoms with E-state index >= 15 is 0 Å². The van der Waals surface area contributed by atoms with E-state index in [0.29, 0.717) is 0 Å². The molecule has 0 amide bonds. The highest BCUT2D eigenvalue weighted by Crippen LogP contribution is 2.29.